The average Bonchev–Trinajstić information content (AvgIpc) is 2.76. The van der Waals surface area contributed by atoms with Crippen LogP contribution < -0.4 is 20.2 Å². The highest BCUT2D eigenvalue weighted by Gasteiger charge is 2.39. The van der Waals surface area contributed by atoms with Gasteiger partial charge in [0.15, 0.2) is 0 Å². The Kier molecular flexibility index (Phi) is 9.05. The van der Waals surface area contributed by atoms with Crippen molar-refractivity contribution in [2.75, 3.05) is 33.3 Å². The molecule has 0 spiro atoms. The summed E-state index contributed by atoms with van der Waals surface area (Å²) in [5.41, 5.74) is 1.56. The van der Waals surface area contributed by atoms with E-state index in [-0.39, 0.29) is 36.3 Å². The maximum atomic E-state index is 13.3. The molecule has 1 aliphatic heterocycles. The molecule has 1 aromatic heterocycles. The number of ether oxygens (including phenoxy) is 2. The van der Waals surface area contributed by atoms with Crippen molar-refractivity contribution < 1.29 is 13.9 Å². The summed E-state index contributed by atoms with van der Waals surface area (Å²) in [7, 11) is 1.57. The van der Waals surface area contributed by atoms with E-state index in [4.69, 9.17) is 13.9 Å². The fourth-order valence-corrected chi connectivity index (χ4v) is 4.47. The summed E-state index contributed by atoms with van der Waals surface area (Å²) in [5, 5.41) is 4.71. The van der Waals surface area contributed by atoms with Crippen molar-refractivity contribution in [2.24, 2.45) is 0 Å². The van der Waals surface area contributed by atoms with Gasteiger partial charge in [-0.05, 0) is 45.5 Å². The third kappa shape index (κ3) is 5.09. The lowest BCUT2D eigenvalue weighted by molar-refractivity contribution is 0.0475. The van der Waals surface area contributed by atoms with Gasteiger partial charge < -0.3 is 24.1 Å². The van der Waals surface area contributed by atoms with E-state index < -0.39 is 5.60 Å². The van der Waals surface area contributed by atoms with Crippen LogP contribution in [0, 0.1) is 0 Å². The largest absolute Gasteiger partial charge is 0.496 e. The van der Waals surface area contributed by atoms with Crippen LogP contribution in [0.15, 0.2) is 39.5 Å². The van der Waals surface area contributed by atoms with Gasteiger partial charge >= 0.3 is 0 Å². The quantitative estimate of drug-likeness (QED) is 0.473. The van der Waals surface area contributed by atoms with Crippen LogP contribution in [0.4, 0.5) is 0 Å². The van der Waals surface area contributed by atoms with Crippen molar-refractivity contribution in [3.8, 4) is 11.5 Å². The van der Waals surface area contributed by atoms with Gasteiger partial charge in [0, 0.05) is 24.7 Å². The lowest BCUT2D eigenvalue weighted by Gasteiger charge is -2.41. The highest BCUT2D eigenvalue weighted by Crippen LogP contribution is 2.42. The van der Waals surface area contributed by atoms with Crippen molar-refractivity contribution in [3.05, 3.63) is 46.1 Å². The van der Waals surface area contributed by atoms with Crippen molar-refractivity contribution in [2.45, 2.75) is 45.8 Å². The van der Waals surface area contributed by atoms with E-state index in [2.05, 4.69) is 37.9 Å². The Labute approximate surface area is 207 Å². The molecule has 1 aliphatic rings. The van der Waals surface area contributed by atoms with Crippen molar-refractivity contribution in [3.63, 3.8) is 0 Å². The molecule has 33 heavy (non-hydrogen) atoms. The first-order valence-electron chi connectivity index (χ1n) is 11.1. The molecule has 1 unspecified atom stereocenters. The van der Waals surface area contributed by atoms with E-state index in [9.17, 15) is 4.79 Å². The topological polar surface area (TPSA) is 63.9 Å². The Morgan fingerprint density at radius 2 is 1.88 bits per heavy atom. The predicted octanol–water partition coefficient (Wildman–Crippen LogP) is 4.81. The molecule has 182 valence electrons. The molecular weight excluding hydrogens is 463 g/mol. The van der Waals surface area contributed by atoms with Crippen LogP contribution in [-0.2, 0) is 6.42 Å². The summed E-state index contributed by atoms with van der Waals surface area (Å²) in [6.45, 7) is 12.5. The van der Waals surface area contributed by atoms with Gasteiger partial charge in [-0.1, -0.05) is 26.0 Å². The van der Waals surface area contributed by atoms with Crippen LogP contribution in [-0.4, -0.2) is 49.8 Å². The Morgan fingerprint density at radius 3 is 2.55 bits per heavy atom. The maximum Gasteiger partial charge on any atom is 0.204 e. The molecule has 0 bridgehead atoms. The molecule has 0 amide bonds. The number of nitrogens with zero attached hydrogens (tertiary/aromatic N) is 1. The number of halogens is 2. The second-order valence-corrected chi connectivity index (χ2v) is 8.63. The van der Waals surface area contributed by atoms with Gasteiger partial charge in [0.25, 0.3) is 0 Å². The first kappa shape index (κ1) is 27.3. The number of para-hydroxylation sites is 1. The summed E-state index contributed by atoms with van der Waals surface area (Å²) in [6.07, 6.45) is 0.711. The monoisotopic (exact) mass is 496 g/mol. The number of benzene rings is 2. The van der Waals surface area contributed by atoms with Crippen LogP contribution in [0.25, 0.3) is 21.9 Å². The van der Waals surface area contributed by atoms with E-state index in [0.29, 0.717) is 34.1 Å². The lowest BCUT2D eigenvalue weighted by atomic mass is 9.87. The van der Waals surface area contributed by atoms with Crippen LogP contribution in [0.2, 0.25) is 0 Å². The number of hydrogen-bond acceptors (Lipinski definition) is 6. The first-order valence-corrected chi connectivity index (χ1v) is 11.1. The number of nitrogens with one attached hydrogen (secondary N) is 1. The van der Waals surface area contributed by atoms with Crippen LogP contribution >= 0.6 is 24.8 Å². The maximum absolute atomic E-state index is 13.3. The minimum absolute atomic E-state index is 0. The average molecular weight is 497 g/mol. The third-order valence-corrected chi connectivity index (χ3v) is 6.43. The molecular formula is C25H34Cl2N2O4. The smallest absolute Gasteiger partial charge is 0.204 e. The van der Waals surface area contributed by atoms with E-state index in [1.54, 1.807) is 13.2 Å². The van der Waals surface area contributed by atoms with Crippen molar-refractivity contribution in [1.82, 2.24) is 10.2 Å². The van der Waals surface area contributed by atoms with E-state index >= 15 is 0 Å². The standard InChI is InChI=1S/C25H32N2O4.2ClH/c1-6-27(7-2)13-12-26-21-14-17-19(31-25(21,3)4)15-20(29-5)22-23(28)16-10-8-9-11-18(16)30-24(17)22;;/h8-11,15,21,26H,6-7,12-14H2,1-5H3;2*1H. The molecule has 0 saturated heterocycles. The van der Waals surface area contributed by atoms with Gasteiger partial charge in [-0.3, -0.25) is 4.79 Å². The van der Waals surface area contributed by atoms with Gasteiger partial charge in [-0.15, -0.1) is 24.8 Å². The second kappa shape index (κ2) is 11.0. The molecule has 3 aromatic rings. The Hall–Kier alpha value is -1.99. The number of fused-ring (bicyclic) bond motifs is 4. The normalized spacial score (nSPS) is 16.6. The second-order valence-electron chi connectivity index (χ2n) is 8.63. The van der Waals surface area contributed by atoms with Crippen LogP contribution in [0.3, 0.4) is 0 Å². The van der Waals surface area contributed by atoms with Gasteiger partial charge in [0.1, 0.15) is 33.7 Å². The number of methoxy groups -OCH3 is 1. The highest BCUT2D eigenvalue weighted by molar-refractivity contribution is 5.96. The highest BCUT2D eigenvalue weighted by atomic mass is 35.5. The first-order chi connectivity index (χ1) is 14.9. The van der Waals surface area contributed by atoms with Gasteiger partial charge in [0.05, 0.1) is 18.5 Å². The SMILES string of the molecule is CCN(CC)CCNC1Cc2c(cc(OC)c3c(=O)c4ccccc4oc23)OC1(C)C.Cl.Cl. The summed E-state index contributed by atoms with van der Waals surface area (Å²) in [4.78, 5) is 15.7. The Morgan fingerprint density at radius 1 is 1.18 bits per heavy atom. The third-order valence-electron chi connectivity index (χ3n) is 6.43. The molecule has 0 aliphatic carbocycles. The molecule has 0 radical (unpaired) electrons. The predicted molar refractivity (Wildman–Crippen MR) is 139 cm³/mol. The minimum Gasteiger partial charge on any atom is -0.496 e. The zero-order valence-electron chi connectivity index (χ0n) is 19.9. The summed E-state index contributed by atoms with van der Waals surface area (Å²) >= 11 is 0. The molecule has 2 heterocycles. The molecule has 1 atom stereocenters. The van der Waals surface area contributed by atoms with E-state index in [1.165, 1.54) is 0 Å². The molecule has 8 heteroatoms. The zero-order chi connectivity index (χ0) is 22.2. The molecule has 2 aromatic carbocycles. The Balaban J connectivity index is 0.00000193. The van der Waals surface area contributed by atoms with Crippen molar-refractivity contribution in [1.29, 1.82) is 0 Å². The minimum atomic E-state index is -0.411. The fraction of sp³-hybridized carbons (Fsp3) is 0.480. The number of hydrogen-bond donors (Lipinski definition) is 1. The summed E-state index contributed by atoms with van der Waals surface area (Å²) < 4.78 is 18.3. The zero-order valence-corrected chi connectivity index (χ0v) is 21.5. The molecule has 4 rings (SSSR count). The van der Waals surface area contributed by atoms with Gasteiger partial charge in [-0.25, -0.2) is 0 Å². The molecule has 0 fully saturated rings. The van der Waals surface area contributed by atoms with Crippen LogP contribution in [0.5, 0.6) is 11.5 Å². The fourth-order valence-electron chi connectivity index (χ4n) is 4.47. The van der Waals surface area contributed by atoms with Crippen molar-refractivity contribution >= 4 is 46.8 Å². The number of likely N-dealkylation sites (N-methyl/N-ethyl adjacent to an activating group) is 1. The summed E-state index contributed by atoms with van der Waals surface area (Å²) in [5.74, 6) is 1.20. The summed E-state index contributed by atoms with van der Waals surface area (Å²) in [6, 6.07) is 9.26. The van der Waals surface area contributed by atoms with Crippen LogP contribution in [0.1, 0.15) is 33.3 Å². The number of rotatable bonds is 7. The van der Waals surface area contributed by atoms with E-state index in [1.807, 2.05) is 24.3 Å². The Bertz CT molecular complexity index is 1160. The van der Waals surface area contributed by atoms with Gasteiger partial charge in [-0.2, -0.15) is 0 Å². The lowest BCUT2D eigenvalue weighted by Crippen LogP contribution is -2.55. The van der Waals surface area contributed by atoms with Gasteiger partial charge in [0.2, 0.25) is 5.43 Å². The molecule has 0 saturated carbocycles. The molecule has 6 nitrogen and oxygen atoms in total. The molecule has 1 N–H and O–H groups in total. The van der Waals surface area contributed by atoms with E-state index in [0.717, 1.165) is 37.5 Å².